The highest BCUT2D eigenvalue weighted by molar-refractivity contribution is 6.62. The molecule has 1 aromatic carbocycles. The Morgan fingerprint density at radius 1 is 1.16 bits per heavy atom. The minimum atomic E-state index is -4.55. The van der Waals surface area contributed by atoms with Crippen molar-refractivity contribution in [3.8, 4) is 0 Å². The van der Waals surface area contributed by atoms with E-state index in [1.165, 1.54) is 12.1 Å². The van der Waals surface area contributed by atoms with Gasteiger partial charge in [0, 0.05) is 5.92 Å². The molecule has 0 spiro atoms. The van der Waals surface area contributed by atoms with Crippen molar-refractivity contribution in [1.29, 1.82) is 0 Å². The monoisotopic (exact) mass is 355 g/mol. The number of benzene rings is 1. The summed E-state index contributed by atoms with van der Waals surface area (Å²) in [6.07, 6.45) is -3.13. The van der Waals surface area contributed by atoms with E-state index in [1.54, 1.807) is 0 Å². The van der Waals surface area contributed by atoms with E-state index in [0.717, 1.165) is 6.07 Å². The van der Waals surface area contributed by atoms with Crippen LogP contribution < -0.4 is 10.8 Å². The zero-order valence-corrected chi connectivity index (χ0v) is 14.7. The van der Waals surface area contributed by atoms with Gasteiger partial charge in [-0.1, -0.05) is 6.07 Å². The van der Waals surface area contributed by atoms with E-state index in [9.17, 15) is 18.0 Å². The van der Waals surface area contributed by atoms with Crippen LogP contribution in [0.1, 0.15) is 46.1 Å². The molecule has 1 saturated carbocycles. The summed E-state index contributed by atoms with van der Waals surface area (Å²) in [5.41, 5.74) is -1.88. The second kappa shape index (κ2) is 5.74. The van der Waals surface area contributed by atoms with Crippen LogP contribution in [0.3, 0.4) is 0 Å². The van der Waals surface area contributed by atoms with Gasteiger partial charge in [0.05, 0.1) is 22.5 Å². The van der Waals surface area contributed by atoms with Gasteiger partial charge in [-0.3, -0.25) is 4.79 Å². The van der Waals surface area contributed by atoms with Crippen LogP contribution in [0.4, 0.5) is 18.9 Å². The van der Waals surface area contributed by atoms with Crippen molar-refractivity contribution in [3.63, 3.8) is 0 Å². The fraction of sp³-hybridized carbons (Fsp3) is 0.588. The van der Waals surface area contributed by atoms with Gasteiger partial charge in [0.1, 0.15) is 0 Å². The molecule has 1 amide bonds. The van der Waals surface area contributed by atoms with Crippen molar-refractivity contribution in [2.75, 3.05) is 5.32 Å². The Morgan fingerprint density at radius 2 is 1.72 bits per heavy atom. The number of alkyl halides is 3. The topological polar surface area (TPSA) is 47.6 Å². The van der Waals surface area contributed by atoms with Crippen LogP contribution in [0.5, 0.6) is 0 Å². The first kappa shape index (κ1) is 18.3. The standard InChI is InChI=1S/C17H21BF3NO3/c1-15(2)16(3,4)25-18(24-15)11-7-8-12(17(19,20)21)13(9-11)22-14(23)10-5-6-10/h7-10H,5-6H2,1-4H3,(H,22,23). The summed E-state index contributed by atoms with van der Waals surface area (Å²) >= 11 is 0. The average molecular weight is 355 g/mol. The Kier molecular flexibility index (Phi) is 4.19. The summed E-state index contributed by atoms with van der Waals surface area (Å²) in [4.78, 5) is 12.0. The van der Waals surface area contributed by atoms with Gasteiger partial charge < -0.3 is 14.6 Å². The summed E-state index contributed by atoms with van der Waals surface area (Å²) in [5, 5.41) is 2.41. The van der Waals surface area contributed by atoms with Crippen molar-refractivity contribution in [3.05, 3.63) is 23.8 Å². The maximum absolute atomic E-state index is 13.3. The number of rotatable bonds is 3. The predicted octanol–water partition coefficient (Wildman–Crippen LogP) is 3.35. The molecule has 1 heterocycles. The van der Waals surface area contributed by atoms with E-state index < -0.39 is 30.1 Å². The largest absolute Gasteiger partial charge is 0.494 e. The molecule has 1 aliphatic carbocycles. The van der Waals surface area contributed by atoms with Crippen molar-refractivity contribution in [2.24, 2.45) is 5.92 Å². The first-order valence-corrected chi connectivity index (χ1v) is 8.28. The van der Waals surface area contributed by atoms with Crippen molar-refractivity contribution in [1.82, 2.24) is 0 Å². The molecule has 0 radical (unpaired) electrons. The smallest absolute Gasteiger partial charge is 0.399 e. The number of halogens is 3. The lowest BCUT2D eigenvalue weighted by Gasteiger charge is -2.32. The van der Waals surface area contributed by atoms with Crippen LogP contribution >= 0.6 is 0 Å². The molecule has 4 nitrogen and oxygen atoms in total. The Labute approximate surface area is 145 Å². The van der Waals surface area contributed by atoms with Crippen LogP contribution in [0.25, 0.3) is 0 Å². The molecule has 1 aliphatic heterocycles. The van der Waals surface area contributed by atoms with Gasteiger partial charge in [0.25, 0.3) is 0 Å². The van der Waals surface area contributed by atoms with E-state index >= 15 is 0 Å². The third-order valence-corrected chi connectivity index (χ3v) is 5.08. The second-order valence-electron chi connectivity index (χ2n) is 7.65. The molecule has 8 heteroatoms. The number of carbonyl (C=O) groups excluding carboxylic acids is 1. The molecule has 1 aromatic rings. The molecule has 0 bridgehead atoms. The maximum atomic E-state index is 13.3. The highest BCUT2D eigenvalue weighted by Crippen LogP contribution is 2.39. The molecule has 0 atom stereocenters. The van der Waals surface area contributed by atoms with E-state index in [0.29, 0.717) is 18.3 Å². The van der Waals surface area contributed by atoms with Crippen LogP contribution in [0.15, 0.2) is 18.2 Å². The molecule has 2 fully saturated rings. The van der Waals surface area contributed by atoms with Crippen LogP contribution in [0, 0.1) is 5.92 Å². The number of hydrogen-bond acceptors (Lipinski definition) is 3. The number of carbonyl (C=O) groups is 1. The molecular weight excluding hydrogens is 334 g/mol. The molecule has 1 saturated heterocycles. The summed E-state index contributed by atoms with van der Waals surface area (Å²) in [6, 6.07) is 3.59. The summed E-state index contributed by atoms with van der Waals surface area (Å²) in [6.45, 7) is 7.47. The Hall–Kier alpha value is -1.54. The van der Waals surface area contributed by atoms with E-state index in [1.807, 2.05) is 27.7 Å². The summed E-state index contributed by atoms with van der Waals surface area (Å²) in [7, 11) is -0.788. The lowest BCUT2D eigenvalue weighted by atomic mass is 9.78. The fourth-order valence-electron chi connectivity index (χ4n) is 2.62. The van der Waals surface area contributed by atoms with E-state index in [-0.39, 0.29) is 17.5 Å². The van der Waals surface area contributed by atoms with Crippen molar-refractivity contribution >= 4 is 24.2 Å². The molecule has 3 rings (SSSR count). The minimum Gasteiger partial charge on any atom is -0.399 e. The Balaban J connectivity index is 1.92. The van der Waals surface area contributed by atoms with Gasteiger partial charge in [0.2, 0.25) is 5.91 Å². The molecule has 25 heavy (non-hydrogen) atoms. The number of amides is 1. The van der Waals surface area contributed by atoms with E-state index in [2.05, 4.69) is 5.32 Å². The summed E-state index contributed by atoms with van der Waals surface area (Å²) < 4.78 is 51.5. The molecular formula is C17H21BF3NO3. The van der Waals surface area contributed by atoms with E-state index in [4.69, 9.17) is 9.31 Å². The van der Waals surface area contributed by atoms with Gasteiger partial charge in [-0.15, -0.1) is 0 Å². The maximum Gasteiger partial charge on any atom is 0.494 e. The highest BCUT2D eigenvalue weighted by atomic mass is 19.4. The van der Waals surface area contributed by atoms with Crippen LogP contribution in [0.2, 0.25) is 0 Å². The number of nitrogens with one attached hydrogen (secondary N) is 1. The quantitative estimate of drug-likeness (QED) is 0.846. The molecule has 1 N–H and O–H groups in total. The van der Waals surface area contributed by atoms with Gasteiger partial charge in [-0.05, 0) is 58.1 Å². The van der Waals surface area contributed by atoms with Gasteiger partial charge in [-0.25, -0.2) is 0 Å². The van der Waals surface area contributed by atoms with Gasteiger partial charge in [0.15, 0.2) is 0 Å². The number of hydrogen-bond donors (Lipinski definition) is 1. The Morgan fingerprint density at radius 3 is 2.20 bits per heavy atom. The number of anilines is 1. The zero-order valence-electron chi connectivity index (χ0n) is 14.7. The zero-order chi connectivity index (χ0) is 18.6. The first-order valence-electron chi connectivity index (χ1n) is 8.28. The first-order chi connectivity index (χ1) is 11.4. The second-order valence-corrected chi connectivity index (χ2v) is 7.65. The Bertz CT molecular complexity index is 683. The van der Waals surface area contributed by atoms with Gasteiger partial charge in [-0.2, -0.15) is 13.2 Å². The third-order valence-electron chi connectivity index (χ3n) is 5.08. The molecule has 0 unspecified atom stereocenters. The lowest BCUT2D eigenvalue weighted by molar-refractivity contribution is -0.137. The van der Waals surface area contributed by atoms with Crippen LogP contribution in [-0.2, 0) is 20.3 Å². The minimum absolute atomic E-state index is 0.193. The van der Waals surface area contributed by atoms with Crippen molar-refractivity contribution in [2.45, 2.75) is 57.9 Å². The summed E-state index contributed by atoms with van der Waals surface area (Å²) in [5.74, 6) is -0.571. The molecule has 2 aliphatic rings. The lowest BCUT2D eigenvalue weighted by Crippen LogP contribution is -2.41. The SMILES string of the molecule is CC1(C)OB(c2ccc(C(F)(F)F)c(NC(=O)C3CC3)c2)OC1(C)C. The van der Waals surface area contributed by atoms with Crippen molar-refractivity contribution < 1.29 is 27.3 Å². The van der Waals surface area contributed by atoms with Crippen LogP contribution in [-0.4, -0.2) is 24.2 Å². The predicted molar refractivity (Wildman–Crippen MR) is 88.5 cm³/mol. The molecule has 0 aromatic heterocycles. The molecule has 136 valence electrons. The third kappa shape index (κ3) is 3.55. The fourth-order valence-corrected chi connectivity index (χ4v) is 2.62. The van der Waals surface area contributed by atoms with Gasteiger partial charge >= 0.3 is 13.3 Å². The normalized spacial score (nSPS) is 22.1. The highest BCUT2D eigenvalue weighted by Gasteiger charge is 2.52. The average Bonchev–Trinajstić information content (AvgIpc) is 3.26.